The van der Waals surface area contributed by atoms with Gasteiger partial charge in [-0.3, -0.25) is 4.79 Å². The van der Waals surface area contributed by atoms with Gasteiger partial charge in [0.25, 0.3) is 0 Å². The van der Waals surface area contributed by atoms with Crippen LogP contribution in [0.4, 0.5) is 5.82 Å². The van der Waals surface area contributed by atoms with Crippen molar-refractivity contribution in [2.75, 3.05) is 32.7 Å². The highest BCUT2D eigenvalue weighted by molar-refractivity contribution is 5.69. The first kappa shape index (κ1) is 20.5. The summed E-state index contributed by atoms with van der Waals surface area (Å²) in [5.74, 6) is 2.07. The highest BCUT2D eigenvalue weighted by atomic mass is 16.5. The van der Waals surface area contributed by atoms with Crippen molar-refractivity contribution in [3.63, 3.8) is 0 Å². The number of nitrogens with two attached hydrogens (primary N) is 1. The first-order valence-corrected chi connectivity index (χ1v) is 8.88. The summed E-state index contributed by atoms with van der Waals surface area (Å²) in [4.78, 5) is 15.5. The SMILES string of the molecule is COC(=O)C[C@@H](N)Cc1ccc(OCCCNc2cc(OC)ccn2)cc1. The Labute approximate surface area is 159 Å². The molecular weight excluding hydrogens is 346 g/mol. The zero-order valence-corrected chi connectivity index (χ0v) is 15.8. The van der Waals surface area contributed by atoms with E-state index >= 15 is 0 Å². The first-order chi connectivity index (χ1) is 13.1. The quantitative estimate of drug-likeness (QED) is 0.461. The standard InChI is InChI=1S/C20H27N3O4/c1-25-18-8-10-23-19(14-18)22-9-3-11-27-17-6-4-15(5-7-17)12-16(21)13-20(24)26-2/h4-8,10,14,16H,3,9,11-13,21H2,1-2H3,(H,22,23)/t16-/m0/s1. The molecule has 1 atom stereocenters. The first-order valence-electron chi connectivity index (χ1n) is 8.88. The summed E-state index contributed by atoms with van der Waals surface area (Å²) in [5, 5.41) is 3.23. The number of pyridine rings is 1. The van der Waals surface area contributed by atoms with Crippen molar-refractivity contribution in [1.29, 1.82) is 0 Å². The third-order valence-electron chi connectivity index (χ3n) is 3.94. The van der Waals surface area contributed by atoms with Crippen LogP contribution in [0.15, 0.2) is 42.6 Å². The van der Waals surface area contributed by atoms with E-state index in [2.05, 4.69) is 15.0 Å². The number of nitrogens with zero attached hydrogens (tertiary/aromatic N) is 1. The molecule has 0 bridgehead atoms. The van der Waals surface area contributed by atoms with Crippen molar-refractivity contribution >= 4 is 11.8 Å². The van der Waals surface area contributed by atoms with Gasteiger partial charge in [0.05, 0.1) is 27.2 Å². The molecule has 0 fully saturated rings. The number of benzene rings is 1. The van der Waals surface area contributed by atoms with Crippen LogP contribution < -0.4 is 20.5 Å². The van der Waals surface area contributed by atoms with Crippen molar-refractivity contribution in [2.24, 2.45) is 5.73 Å². The van der Waals surface area contributed by atoms with E-state index < -0.39 is 0 Å². The molecule has 0 unspecified atom stereocenters. The van der Waals surface area contributed by atoms with Gasteiger partial charge < -0.3 is 25.3 Å². The average Bonchev–Trinajstić information content (AvgIpc) is 2.69. The number of methoxy groups -OCH3 is 2. The third-order valence-corrected chi connectivity index (χ3v) is 3.94. The second kappa shape index (κ2) is 11.0. The van der Waals surface area contributed by atoms with Crippen LogP contribution in [0.2, 0.25) is 0 Å². The minimum absolute atomic E-state index is 0.212. The molecule has 0 aliphatic heterocycles. The second-order valence-corrected chi connectivity index (χ2v) is 6.10. The fourth-order valence-corrected chi connectivity index (χ4v) is 2.51. The molecule has 0 saturated carbocycles. The number of hydrogen-bond donors (Lipinski definition) is 2. The number of hydrogen-bond acceptors (Lipinski definition) is 7. The normalized spacial score (nSPS) is 11.5. The van der Waals surface area contributed by atoms with E-state index in [4.69, 9.17) is 15.2 Å². The van der Waals surface area contributed by atoms with Crippen LogP contribution in [0.1, 0.15) is 18.4 Å². The number of carbonyl (C=O) groups excluding carboxylic acids is 1. The lowest BCUT2D eigenvalue weighted by atomic mass is 10.0. The van der Waals surface area contributed by atoms with Crippen molar-refractivity contribution in [2.45, 2.75) is 25.3 Å². The molecule has 3 N–H and O–H groups in total. The Bertz CT molecular complexity index is 707. The van der Waals surface area contributed by atoms with Gasteiger partial charge in [0.1, 0.15) is 17.3 Å². The molecule has 0 amide bonds. The number of ether oxygens (including phenoxy) is 3. The summed E-state index contributed by atoms with van der Waals surface area (Å²) in [5.41, 5.74) is 7.01. The van der Waals surface area contributed by atoms with Gasteiger partial charge in [-0.05, 0) is 36.6 Å². The number of nitrogens with one attached hydrogen (secondary N) is 1. The molecule has 0 saturated heterocycles. The molecule has 7 nitrogen and oxygen atoms in total. The van der Waals surface area contributed by atoms with Crippen LogP contribution in [-0.4, -0.2) is 44.4 Å². The van der Waals surface area contributed by atoms with Crippen LogP contribution in [0.5, 0.6) is 11.5 Å². The maximum Gasteiger partial charge on any atom is 0.307 e. The van der Waals surface area contributed by atoms with Crippen molar-refractivity contribution in [3.05, 3.63) is 48.2 Å². The minimum atomic E-state index is -0.291. The molecular formula is C20H27N3O4. The van der Waals surface area contributed by atoms with Gasteiger partial charge in [-0.25, -0.2) is 4.98 Å². The zero-order valence-electron chi connectivity index (χ0n) is 15.8. The van der Waals surface area contributed by atoms with Crippen LogP contribution >= 0.6 is 0 Å². The Kier molecular flexibility index (Phi) is 8.38. The molecule has 1 aromatic carbocycles. The van der Waals surface area contributed by atoms with Gasteiger partial charge in [-0.15, -0.1) is 0 Å². The summed E-state index contributed by atoms with van der Waals surface area (Å²) >= 11 is 0. The van der Waals surface area contributed by atoms with Gasteiger partial charge in [0.2, 0.25) is 0 Å². The molecule has 146 valence electrons. The Hall–Kier alpha value is -2.80. The van der Waals surface area contributed by atoms with Crippen molar-refractivity contribution in [3.8, 4) is 11.5 Å². The van der Waals surface area contributed by atoms with E-state index in [1.165, 1.54) is 7.11 Å². The maximum atomic E-state index is 11.2. The Morgan fingerprint density at radius 3 is 2.67 bits per heavy atom. The van der Waals surface area contributed by atoms with Gasteiger partial charge in [-0.2, -0.15) is 0 Å². The number of carbonyl (C=O) groups is 1. The van der Waals surface area contributed by atoms with E-state index in [0.29, 0.717) is 13.0 Å². The largest absolute Gasteiger partial charge is 0.497 e. The lowest BCUT2D eigenvalue weighted by Crippen LogP contribution is -2.26. The predicted molar refractivity (Wildman–Crippen MR) is 104 cm³/mol. The van der Waals surface area contributed by atoms with Crippen LogP contribution in [-0.2, 0) is 16.0 Å². The van der Waals surface area contributed by atoms with Crippen molar-refractivity contribution < 1.29 is 19.0 Å². The molecule has 7 heteroatoms. The van der Waals surface area contributed by atoms with Gasteiger partial charge in [0.15, 0.2) is 0 Å². The lowest BCUT2D eigenvalue weighted by Gasteiger charge is -2.11. The second-order valence-electron chi connectivity index (χ2n) is 6.10. The lowest BCUT2D eigenvalue weighted by molar-refractivity contribution is -0.140. The van der Waals surface area contributed by atoms with E-state index in [1.807, 2.05) is 30.3 Å². The van der Waals surface area contributed by atoms with Gasteiger partial charge in [-0.1, -0.05) is 12.1 Å². The molecule has 2 aromatic rings. The summed E-state index contributed by atoms with van der Waals surface area (Å²) in [6.07, 6.45) is 3.37. The van der Waals surface area contributed by atoms with Gasteiger partial charge in [0, 0.05) is 24.8 Å². The van der Waals surface area contributed by atoms with E-state index in [1.54, 1.807) is 19.4 Å². The maximum absolute atomic E-state index is 11.2. The summed E-state index contributed by atoms with van der Waals surface area (Å²) in [6, 6.07) is 11.2. The smallest absolute Gasteiger partial charge is 0.307 e. The summed E-state index contributed by atoms with van der Waals surface area (Å²) in [7, 11) is 3.00. The van der Waals surface area contributed by atoms with Crippen LogP contribution in [0.25, 0.3) is 0 Å². The monoisotopic (exact) mass is 373 g/mol. The zero-order chi connectivity index (χ0) is 19.5. The van der Waals surface area contributed by atoms with Crippen LogP contribution in [0, 0.1) is 0 Å². The number of aromatic nitrogens is 1. The Morgan fingerprint density at radius 2 is 1.96 bits per heavy atom. The van der Waals surface area contributed by atoms with Crippen molar-refractivity contribution in [1.82, 2.24) is 4.98 Å². The summed E-state index contributed by atoms with van der Waals surface area (Å²) < 4.78 is 15.5. The average molecular weight is 373 g/mol. The predicted octanol–water partition coefficient (Wildman–Crippen LogP) is 2.40. The number of esters is 1. The molecule has 0 aliphatic rings. The molecule has 27 heavy (non-hydrogen) atoms. The summed E-state index contributed by atoms with van der Waals surface area (Å²) in [6.45, 7) is 1.35. The van der Waals surface area contributed by atoms with Crippen LogP contribution in [0.3, 0.4) is 0 Å². The molecule has 0 radical (unpaired) electrons. The number of anilines is 1. The highest BCUT2D eigenvalue weighted by Crippen LogP contribution is 2.15. The Morgan fingerprint density at radius 1 is 1.19 bits per heavy atom. The molecule has 1 heterocycles. The van der Waals surface area contributed by atoms with E-state index in [9.17, 15) is 4.79 Å². The third kappa shape index (κ3) is 7.53. The minimum Gasteiger partial charge on any atom is -0.497 e. The van der Waals surface area contributed by atoms with Gasteiger partial charge >= 0.3 is 5.97 Å². The topological polar surface area (TPSA) is 95.7 Å². The fraction of sp³-hybridized carbons (Fsp3) is 0.400. The molecule has 0 aliphatic carbocycles. The number of rotatable bonds is 11. The van der Waals surface area contributed by atoms with E-state index in [0.717, 1.165) is 35.8 Å². The molecule has 2 rings (SSSR count). The molecule has 1 aromatic heterocycles. The highest BCUT2D eigenvalue weighted by Gasteiger charge is 2.10. The van der Waals surface area contributed by atoms with E-state index in [-0.39, 0.29) is 18.4 Å². The molecule has 0 spiro atoms. The fourth-order valence-electron chi connectivity index (χ4n) is 2.51. The Balaban J connectivity index is 1.66.